The molecule has 0 bridgehead atoms. The number of rotatable bonds is 6. The van der Waals surface area contributed by atoms with Crippen LogP contribution in [0.3, 0.4) is 0 Å². The second kappa shape index (κ2) is 14.6. The molecular formula is C31H39N5O8S3. The Kier molecular flexibility index (Phi) is 11.3. The molecule has 0 atom stereocenters. The van der Waals surface area contributed by atoms with Crippen molar-refractivity contribution in [1.29, 1.82) is 0 Å². The van der Waals surface area contributed by atoms with Crippen LogP contribution in [0.1, 0.15) is 16.7 Å². The molecule has 254 valence electrons. The number of hydrogen-bond acceptors (Lipinski definition) is 10. The van der Waals surface area contributed by atoms with Crippen molar-refractivity contribution in [3.8, 4) is 0 Å². The molecule has 3 aromatic rings. The van der Waals surface area contributed by atoms with Gasteiger partial charge in [0.05, 0.1) is 21.2 Å². The molecular weight excluding hydrogens is 667 g/mol. The van der Waals surface area contributed by atoms with Crippen molar-refractivity contribution in [1.82, 2.24) is 25.6 Å². The maximum Gasteiger partial charge on any atom is 0.325 e. The molecule has 1 saturated heterocycles. The largest absolute Gasteiger partial charge is 0.353 e. The Morgan fingerprint density at radius 3 is 1.47 bits per heavy atom. The molecule has 0 aromatic heterocycles. The number of benzene rings is 3. The Bertz CT molecular complexity index is 1840. The summed E-state index contributed by atoms with van der Waals surface area (Å²) in [5.74, 6) is -2.03. The molecule has 1 heterocycles. The monoisotopic (exact) mass is 705 g/mol. The van der Waals surface area contributed by atoms with Crippen LogP contribution in [0.2, 0.25) is 0 Å². The summed E-state index contributed by atoms with van der Waals surface area (Å²) in [6, 6.07) is 15.7. The van der Waals surface area contributed by atoms with E-state index in [4.69, 9.17) is 0 Å². The number of aryl methyl sites for hydroxylation is 3. The minimum atomic E-state index is -5.46. The van der Waals surface area contributed by atoms with Crippen molar-refractivity contribution in [2.45, 2.75) is 39.7 Å². The molecule has 4 rings (SSSR count). The van der Waals surface area contributed by atoms with Gasteiger partial charge in [0.1, 0.15) is 0 Å². The third-order valence-corrected chi connectivity index (χ3v) is 15.1. The van der Waals surface area contributed by atoms with Crippen LogP contribution in [-0.2, 0) is 39.3 Å². The minimum Gasteiger partial charge on any atom is -0.353 e. The average molecular weight is 706 g/mol. The summed E-state index contributed by atoms with van der Waals surface area (Å²) in [5, 5.41) is 10.8. The van der Waals surface area contributed by atoms with Crippen molar-refractivity contribution in [2.75, 3.05) is 45.8 Å². The molecule has 2 amide bonds. The number of carbonyl (C=O) groups is 2. The Morgan fingerprint density at radius 2 is 0.979 bits per heavy atom. The van der Waals surface area contributed by atoms with Gasteiger partial charge in [0.15, 0.2) is 0 Å². The fourth-order valence-electron chi connectivity index (χ4n) is 5.02. The van der Waals surface area contributed by atoms with Gasteiger partial charge in [-0.1, -0.05) is 53.1 Å². The number of nitrogens with zero attached hydrogens (tertiary/aromatic N) is 1. The van der Waals surface area contributed by atoms with Crippen molar-refractivity contribution in [2.24, 2.45) is 0 Å². The van der Waals surface area contributed by atoms with Gasteiger partial charge in [-0.25, -0.2) is 25.3 Å². The topological polar surface area (TPSA) is 188 Å². The first-order valence-electron chi connectivity index (χ1n) is 14.8. The molecule has 0 spiro atoms. The van der Waals surface area contributed by atoms with Crippen LogP contribution in [0, 0.1) is 20.8 Å². The zero-order valence-corrected chi connectivity index (χ0v) is 28.8. The fourth-order valence-corrected chi connectivity index (χ4v) is 12.4. The van der Waals surface area contributed by atoms with E-state index in [1.165, 1.54) is 48.5 Å². The predicted octanol–water partition coefficient (Wildman–Crippen LogP) is 0.629. The summed E-state index contributed by atoms with van der Waals surface area (Å²) in [6.07, 6.45) is 0. The third kappa shape index (κ3) is 7.27. The van der Waals surface area contributed by atoms with Gasteiger partial charge in [-0.05, 0) is 57.2 Å². The van der Waals surface area contributed by atoms with E-state index in [1.807, 2.05) is 0 Å². The standard InChI is InChI=1S/C31H39N5O8S3/c1-23-4-10-26(11-5-23)45(39,40)31(46(41,42)27-12-6-24(2)7-13-27)30(38)35-19-18-34-29(37)22-33-17-16-32-20-21-36(31)47(43,44)28-14-8-25(3)9-15-28/h4-15,32-33H,16-22H2,1-3H3,(H,34,37)(H,35,38). The van der Waals surface area contributed by atoms with Crippen LogP contribution in [0.4, 0.5) is 0 Å². The molecule has 0 unspecified atom stereocenters. The summed E-state index contributed by atoms with van der Waals surface area (Å²) in [5.41, 5.74) is 1.98. The van der Waals surface area contributed by atoms with Gasteiger partial charge in [-0.2, -0.15) is 4.31 Å². The van der Waals surface area contributed by atoms with Gasteiger partial charge in [-0.15, -0.1) is 0 Å². The highest BCUT2D eigenvalue weighted by Gasteiger charge is 2.69. The number of hydrogen-bond donors (Lipinski definition) is 4. The lowest BCUT2D eigenvalue weighted by molar-refractivity contribution is -0.124. The second-order valence-electron chi connectivity index (χ2n) is 11.1. The van der Waals surface area contributed by atoms with Crippen molar-refractivity contribution in [3.63, 3.8) is 0 Å². The van der Waals surface area contributed by atoms with Crippen LogP contribution < -0.4 is 21.3 Å². The molecule has 0 aliphatic carbocycles. The maximum atomic E-state index is 15.1. The van der Waals surface area contributed by atoms with Crippen molar-refractivity contribution >= 4 is 41.5 Å². The molecule has 16 heteroatoms. The molecule has 47 heavy (non-hydrogen) atoms. The lowest BCUT2D eigenvalue weighted by Gasteiger charge is -2.40. The van der Waals surface area contributed by atoms with E-state index in [9.17, 15) is 18.0 Å². The van der Waals surface area contributed by atoms with Gasteiger partial charge >= 0.3 is 4.20 Å². The highest BCUT2D eigenvalue weighted by molar-refractivity contribution is 8.12. The van der Waals surface area contributed by atoms with E-state index < -0.39 is 73.5 Å². The molecule has 4 N–H and O–H groups in total. The first kappa shape index (κ1) is 36.2. The van der Waals surface area contributed by atoms with Crippen LogP contribution in [0.15, 0.2) is 87.5 Å². The number of amides is 2. The van der Waals surface area contributed by atoms with Gasteiger partial charge in [0.2, 0.25) is 35.6 Å². The molecule has 0 saturated carbocycles. The SMILES string of the molecule is Cc1ccc(S(=O)(=O)N2CCNCCNCC(=O)NCCNC(=O)C2(S(=O)(=O)c2ccc(C)cc2)S(=O)(=O)c2ccc(C)cc2)cc1. The highest BCUT2D eigenvalue weighted by Crippen LogP contribution is 2.42. The number of sulfone groups is 2. The Hall–Kier alpha value is -3.67. The molecule has 3 aromatic carbocycles. The summed E-state index contributed by atoms with van der Waals surface area (Å²) in [7, 11) is -16.0. The molecule has 1 aliphatic heterocycles. The smallest absolute Gasteiger partial charge is 0.325 e. The summed E-state index contributed by atoms with van der Waals surface area (Å²) in [6.45, 7) is 3.96. The number of sulfonamides is 1. The first-order valence-corrected chi connectivity index (χ1v) is 19.2. The van der Waals surface area contributed by atoms with Crippen LogP contribution in [0.25, 0.3) is 0 Å². The highest BCUT2D eigenvalue weighted by atomic mass is 32.3. The summed E-state index contributed by atoms with van der Waals surface area (Å²) >= 11 is 0. The molecule has 13 nitrogen and oxygen atoms in total. The van der Waals surface area contributed by atoms with Gasteiger partial charge < -0.3 is 21.3 Å². The van der Waals surface area contributed by atoms with E-state index in [1.54, 1.807) is 20.8 Å². The normalized spacial score (nSPS) is 17.9. The van der Waals surface area contributed by atoms with Gasteiger partial charge in [-0.3, -0.25) is 9.59 Å². The van der Waals surface area contributed by atoms with E-state index >= 15 is 16.8 Å². The van der Waals surface area contributed by atoms with Crippen LogP contribution in [0.5, 0.6) is 0 Å². The number of nitrogens with one attached hydrogen (secondary N) is 4. The quantitative estimate of drug-likeness (QED) is 0.283. The fraction of sp³-hybridized carbons (Fsp3) is 0.355. The Labute approximate surface area is 276 Å². The Morgan fingerprint density at radius 1 is 0.553 bits per heavy atom. The average Bonchev–Trinajstić information content (AvgIpc) is 3.02. The van der Waals surface area contributed by atoms with E-state index in [0.717, 1.165) is 24.3 Å². The van der Waals surface area contributed by atoms with E-state index in [-0.39, 0.29) is 37.0 Å². The first-order chi connectivity index (χ1) is 22.2. The van der Waals surface area contributed by atoms with E-state index in [0.29, 0.717) is 16.7 Å². The summed E-state index contributed by atoms with van der Waals surface area (Å²) in [4.78, 5) is 25.3. The maximum absolute atomic E-state index is 15.1. The Balaban J connectivity index is 2.13. The summed E-state index contributed by atoms with van der Waals surface area (Å²) < 4.78 is 86.1. The van der Waals surface area contributed by atoms with Gasteiger partial charge in [0, 0.05) is 39.3 Å². The lowest BCUT2D eigenvalue weighted by Crippen LogP contribution is -2.69. The minimum absolute atomic E-state index is 0.0445. The van der Waals surface area contributed by atoms with Crippen molar-refractivity contribution in [3.05, 3.63) is 89.5 Å². The van der Waals surface area contributed by atoms with Crippen LogP contribution >= 0.6 is 0 Å². The lowest BCUT2D eigenvalue weighted by atomic mass is 10.2. The molecule has 1 aliphatic rings. The predicted molar refractivity (Wildman–Crippen MR) is 176 cm³/mol. The van der Waals surface area contributed by atoms with Gasteiger partial charge in [0.25, 0.3) is 5.91 Å². The number of carbonyl (C=O) groups excluding carboxylic acids is 2. The van der Waals surface area contributed by atoms with Crippen molar-refractivity contribution < 1.29 is 34.8 Å². The molecule has 0 radical (unpaired) electrons. The van der Waals surface area contributed by atoms with E-state index in [2.05, 4.69) is 21.3 Å². The third-order valence-electron chi connectivity index (χ3n) is 7.60. The zero-order valence-electron chi connectivity index (χ0n) is 26.3. The molecule has 1 fully saturated rings. The second-order valence-corrected chi connectivity index (χ2v) is 17.4. The zero-order chi connectivity index (χ0) is 34.5. The van der Waals surface area contributed by atoms with Crippen LogP contribution in [-0.4, -0.2) is 91.4 Å².